The molecule has 48 heavy (non-hydrogen) atoms. The summed E-state index contributed by atoms with van der Waals surface area (Å²) in [6.45, 7) is 8.36. The van der Waals surface area contributed by atoms with E-state index in [2.05, 4.69) is 0 Å². The molecule has 2 N–H and O–H groups in total. The van der Waals surface area contributed by atoms with Gasteiger partial charge in [-0.25, -0.2) is 17.6 Å². The fraction of sp³-hybridized carbons (Fsp3) is 0.368. The van der Waals surface area contributed by atoms with Gasteiger partial charge >= 0.3 is 0 Å². The first-order valence-corrected chi connectivity index (χ1v) is 15.4. The molecule has 0 aliphatic carbocycles. The molecule has 260 valence electrons. The lowest BCUT2D eigenvalue weighted by Crippen LogP contribution is -2.28. The van der Waals surface area contributed by atoms with Gasteiger partial charge in [0.25, 0.3) is 0 Å². The molecule has 0 unspecified atom stereocenters. The van der Waals surface area contributed by atoms with Crippen LogP contribution in [0.3, 0.4) is 0 Å². The van der Waals surface area contributed by atoms with Crippen LogP contribution in [0.25, 0.3) is 0 Å². The van der Waals surface area contributed by atoms with Gasteiger partial charge in [0, 0.05) is 60.6 Å². The molecule has 0 spiro atoms. The molecule has 0 amide bonds. The minimum absolute atomic E-state index is 0.0125. The van der Waals surface area contributed by atoms with Gasteiger partial charge in [-0.2, -0.15) is 0 Å². The normalized spacial score (nSPS) is 11.5. The van der Waals surface area contributed by atoms with Crippen molar-refractivity contribution in [3.63, 3.8) is 0 Å². The van der Waals surface area contributed by atoms with Gasteiger partial charge < -0.3 is 29.6 Å². The van der Waals surface area contributed by atoms with Crippen molar-refractivity contribution in [2.24, 2.45) is 0 Å². The quantitative estimate of drug-likeness (QED) is 0.114. The first-order valence-electron chi connectivity index (χ1n) is 15.4. The number of anilines is 2. The maximum absolute atomic E-state index is 15.2. The molecule has 0 aliphatic rings. The lowest BCUT2D eigenvalue weighted by molar-refractivity contribution is 0.142. The third-order valence-electron chi connectivity index (χ3n) is 7.89. The molecule has 4 aromatic rings. The second-order valence-electron chi connectivity index (χ2n) is 12.8. The van der Waals surface area contributed by atoms with Gasteiger partial charge in [-0.1, -0.05) is 52.0 Å². The second-order valence-corrected chi connectivity index (χ2v) is 12.8. The van der Waals surface area contributed by atoms with Crippen LogP contribution >= 0.6 is 0 Å². The van der Waals surface area contributed by atoms with Gasteiger partial charge in [0.05, 0.1) is 27.4 Å². The monoisotopic (exact) mass is 670 g/mol. The van der Waals surface area contributed by atoms with Crippen LogP contribution in [0, 0.1) is 23.3 Å². The van der Waals surface area contributed by atoms with E-state index >= 15 is 8.78 Å². The van der Waals surface area contributed by atoms with Crippen molar-refractivity contribution in [3.05, 3.63) is 118 Å². The van der Waals surface area contributed by atoms with Crippen LogP contribution in [-0.2, 0) is 33.4 Å². The van der Waals surface area contributed by atoms with Gasteiger partial charge in [-0.05, 0) is 59.7 Å². The Bertz CT molecular complexity index is 1530. The Morgan fingerprint density at radius 3 is 1.21 bits per heavy atom. The van der Waals surface area contributed by atoms with Gasteiger partial charge in [0.2, 0.25) is 0 Å². The number of hydrogen-bond donors (Lipinski definition) is 1. The van der Waals surface area contributed by atoms with Gasteiger partial charge in [0.15, 0.2) is 0 Å². The van der Waals surface area contributed by atoms with Crippen molar-refractivity contribution in [2.75, 3.05) is 52.3 Å². The standard InChI is InChI=1S/C27H31F2NO3.C11H15F2NO/c1-27(2,18-31-3)26-24(28)14-21(15-25(26)29)30(16-19-6-10-22(32-4)11-7-19)17-20-8-12-23(33-5)13-9-20;1-11(2,6-15-3)10-8(12)4-7(14)5-9(10)13/h6-15H,16-18H2,1-5H3;4-5H,6,14H2,1-3H3. The van der Waals surface area contributed by atoms with Crippen molar-refractivity contribution in [3.8, 4) is 11.5 Å². The number of rotatable bonds is 13. The zero-order valence-corrected chi connectivity index (χ0v) is 28.9. The number of halogens is 4. The Kier molecular flexibility index (Phi) is 13.3. The van der Waals surface area contributed by atoms with Crippen molar-refractivity contribution >= 4 is 11.4 Å². The van der Waals surface area contributed by atoms with E-state index < -0.39 is 34.1 Å². The number of hydrogen-bond acceptors (Lipinski definition) is 6. The zero-order valence-electron chi connectivity index (χ0n) is 28.9. The summed E-state index contributed by atoms with van der Waals surface area (Å²) >= 11 is 0. The molecule has 4 aromatic carbocycles. The third-order valence-corrected chi connectivity index (χ3v) is 7.89. The second kappa shape index (κ2) is 16.7. The molecule has 10 heteroatoms. The van der Waals surface area contributed by atoms with Crippen molar-refractivity contribution in [2.45, 2.75) is 51.6 Å². The van der Waals surface area contributed by atoms with E-state index in [9.17, 15) is 8.78 Å². The Balaban J connectivity index is 0.000000348. The molecule has 6 nitrogen and oxygen atoms in total. The predicted octanol–water partition coefficient (Wildman–Crippen LogP) is 8.58. The highest BCUT2D eigenvalue weighted by molar-refractivity contribution is 5.52. The lowest BCUT2D eigenvalue weighted by atomic mass is 9.84. The largest absolute Gasteiger partial charge is 0.497 e. The van der Waals surface area contributed by atoms with Crippen LogP contribution in [0.2, 0.25) is 0 Å². The van der Waals surface area contributed by atoms with Crippen LogP contribution in [0.15, 0.2) is 72.8 Å². The third kappa shape index (κ3) is 9.87. The minimum Gasteiger partial charge on any atom is -0.497 e. The summed E-state index contributed by atoms with van der Waals surface area (Å²) in [6.07, 6.45) is 0. The lowest BCUT2D eigenvalue weighted by Gasteiger charge is -2.29. The molecule has 0 saturated heterocycles. The maximum atomic E-state index is 15.2. The first kappa shape index (κ1) is 38.2. The van der Waals surface area contributed by atoms with E-state index in [0.29, 0.717) is 18.8 Å². The van der Waals surface area contributed by atoms with Crippen LogP contribution in [-0.4, -0.2) is 41.7 Å². The van der Waals surface area contributed by atoms with E-state index in [1.54, 1.807) is 41.9 Å². The van der Waals surface area contributed by atoms with Crippen LogP contribution in [0.4, 0.5) is 28.9 Å². The summed E-state index contributed by atoms with van der Waals surface area (Å²) in [4.78, 5) is 1.95. The van der Waals surface area contributed by atoms with Gasteiger partial charge in [-0.3, -0.25) is 0 Å². The fourth-order valence-corrected chi connectivity index (χ4v) is 5.64. The summed E-state index contributed by atoms with van der Waals surface area (Å²) < 4.78 is 78.1. The van der Waals surface area contributed by atoms with Gasteiger partial charge in [-0.15, -0.1) is 0 Å². The van der Waals surface area contributed by atoms with E-state index in [0.717, 1.165) is 34.8 Å². The van der Waals surface area contributed by atoms with E-state index in [4.69, 9.17) is 24.7 Å². The van der Waals surface area contributed by atoms with Crippen molar-refractivity contribution < 1.29 is 36.5 Å². The minimum atomic E-state index is -0.793. The number of nitrogen functional groups attached to an aromatic ring is 1. The Labute approximate surface area is 281 Å². The molecule has 0 bridgehead atoms. The number of methoxy groups -OCH3 is 4. The Morgan fingerprint density at radius 1 is 0.562 bits per heavy atom. The van der Waals surface area contributed by atoms with Gasteiger partial charge in [0.1, 0.15) is 34.8 Å². The fourth-order valence-electron chi connectivity index (χ4n) is 5.64. The smallest absolute Gasteiger partial charge is 0.132 e. The number of nitrogens with zero attached hydrogens (tertiary/aromatic N) is 1. The van der Waals surface area contributed by atoms with E-state index in [1.165, 1.54) is 26.4 Å². The summed E-state index contributed by atoms with van der Waals surface area (Å²) in [5, 5.41) is 0. The average molecular weight is 671 g/mol. The highest BCUT2D eigenvalue weighted by atomic mass is 19.1. The SMILES string of the molecule is COCC(C)(C)c1c(F)cc(N(Cc2ccc(OC)cc2)Cc2ccc(OC)cc2)cc1F.COCC(C)(C)c1c(F)cc(N)cc1F. The molecular formula is C38H46F4N2O4. The highest BCUT2D eigenvalue weighted by Crippen LogP contribution is 2.34. The van der Waals surface area contributed by atoms with E-state index in [1.807, 2.05) is 53.4 Å². The predicted molar refractivity (Wildman–Crippen MR) is 183 cm³/mol. The van der Waals surface area contributed by atoms with Crippen LogP contribution < -0.4 is 20.1 Å². The summed E-state index contributed by atoms with van der Waals surface area (Å²) in [5.74, 6) is -0.920. The molecule has 0 aliphatic heterocycles. The first-order chi connectivity index (χ1) is 22.6. The summed E-state index contributed by atoms with van der Waals surface area (Å²) in [7, 11) is 6.25. The van der Waals surface area contributed by atoms with Crippen LogP contribution in [0.5, 0.6) is 11.5 Å². The Morgan fingerprint density at radius 2 is 0.896 bits per heavy atom. The molecule has 0 fully saturated rings. The number of nitrogens with two attached hydrogens (primary N) is 1. The molecule has 0 saturated carbocycles. The molecular weight excluding hydrogens is 624 g/mol. The molecule has 0 aromatic heterocycles. The summed E-state index contributed by atoms with van der Waals surface area (Å²) in [5.41, 5.74) is 6.41. The van der Waals surface area contributed by atoms with Crippen molar-refractivity contribution in [1.29, 1.82) is 0 Å². The highest BCUT2D eigenvalue weighted by Gasteiger charge is 2.30. The van der Waals surface area contributed by atoms with Crippen LogP contribution in [0.1, 0.15) is 49.9 Å². The Hall–Kier alpha value is -4.28. The zero-order chi connectivity index (χ0) is 35.6. The topological polar surface area (TPSA) is 66.2 Å². The molecule has 0 atom stereocenters. The summed E-state index contributed by atoms with van der Waals surface area (Å²) in [6, 6.07) is 20.3. The average Bonchev–Trinajstić information content (AvgIpc) is 3.00. The molecule has 0 radical (unpaired) electrons. The molecule has 4 rings (SSSR count). The molecule has 0 heterocycles. The number of benzene rings is 4. The number of ether oxygens (including phenoxy) is 4. The maximum Gasteiger partial charge on any atom is 0.132 e. The van der Waals surface area contributed by atoms with Crippen molar-refractivity contribution in [1.82, 2.24) is 0 Å². The van der Waals surface area contributed by atoms with E-state index in [-0.39, 0.29) is 30.0 Å².